The van der Waals surface area contributed by atoms with Gasteiger partial charge in [0.05, 0.1) is 11.4 Å². The lowest BCUT2D eigenvalue weighted by Gasteiger charge is -2.02. The van der Waals surface area contributed by atoms with E-state index >= 15 is 0 Å². The minimum Gasteiger partial charge on any atom is -0.255 e. The minimum absolute atomic E-state index is 0.915. The molecule has 0 aromatic rings. The number of aliphatic imine (C=N–C) groups is 2. The zero-order valence-electron chi connectivity index (χ0n) is 7.36. The predicted molar refractivity (Wildman–Crippen MR) is 53.6 cm³/mol. The first-order valence-corrected chi connectivity index (χ1v) is 3.95. The summed E-state index contributed by atoms with van der Waals surface area (Å²) in [6, 6.07) is 0. The van der Waals surface area contributed by atoms with E-state index in [9.17, 15) is 0 Å². The summed E-state index contributed by atoms with van der Waals surface area (Å²) in [7, 11) is 0. The summed E-state index contributed by atoms with van der Waals surface area (Å²) < 4.78 is 0. The quantitative estimate of drug-likeness (QED) is 0.563. The van der Waals surface area contributed by atoms with Gasteiger partial charge < -0.3 is 0 Å². The average Bonchev–Trinajstić information content (AvgIpc) is 2.15. The summed E-state index contributed by atoms with van der Waals surface area (Å²) in [6.45, 7) is 3.90. The van der Waals surface area contributed by atoms with Crippen LogP contribution in [0.5, 0.6) is 0 Å². The second-order valence-electron chi connectivity index (χ2n) is 2.31. The summed E-state index contributed by atoms with van der Waals surface area (Å²) in [4.78, 5) is 8.39. The summed E-state index contributed by atoms with van der Waals surface area (Å²) >= 11 is 0. The molecule has 1 rings (SSSR count). The fourth-order valence-corrected chi connectivity index (χ4v) is 0.895. The van der Waals surface area contributed by atoms with E-state index < -0.39 is 0 Å². The van der Waals surface area contributed by atoms with Gasteiger partial charge in [0, 0.05) is 12.4 Å². The Kier molecular flexibility index (Phi) is 3.20. The maximum absolute atomic E-state index is 4.22. The maximum atomic E-state index is 4.22. The lowest BCUT2D eigenvalue weighted by atomic mass is 10.2. The maximum Gasteiger partial charge on any atom is 0.0883 e. The Morgan fingerprint density at radius 2 is 2.25 bits per heavy atom. The van der Waals surface area contributed by atoms with Crippen molar-refractivity contribution in [2.45, 2.75) is 13.8 Å². The Morgan fingerprint density at radius 3 is 2.92 bits per heavy atom. The second kappa shape index (κ2) is 4.44. The molecule has 0 radical (unpaired) electrons. The van der Waals surface area contributed by atoms with E-state index in [0.717, 1.165) is 11.4 Å². The normalized spacial score (nSPS) is 23.2. The highest BCUT2D eigenvalue weighted by Crippen LogP contribution is 2.05. The second-order valence-corrected chi connectivity index (χ2v) is 2.31. The molecule has 0 atom stereocenters. The summed E-state index contributed by atoms with van der Waals surface area (Å²) in [5.74, 6) is 0. The molecule has 0 fully saturated rings. The molecule has 0 saturated carbocycles. The summed E-state index contributed by atoms with van der Waals surface area (Å²) in [5.41, 5.74) is 1.84. The van der Waals surface area contributed by atoms with Crippen molar-refractivity contribution >= 4 is 11.9 Å². The van der Waals surface area contributed by atoms with E-state index in [4.69, 9.17) is 0 Å². The van der Waals surface area contributed by atoms with E-state index in [-0.39, 0.29) is 0 Å². The van der Waals surface area contributed by atoms with Gasteiger partial charge in [0.1, 0.15) is 0 Å². The Hall–Kier alpha value is -1.44. The molecule has 0 aromatic carbocycles. The first-order valence-electron chi connectivity index (χ1n) is 3.95. The molecule has 12 heavy (non-hydrogen) atoms. The molecular formula is C10H12N2. The van der Waals surface area contributed by atoms with E-state index in [0.29, 0.717) is 0 Å². The molecule has 0 N–H and O–H groups in total. The van der Waals surface area contributed by atoms with E-state index in [1.807, 2.05) is 38.2 Å². The zero-order valence-corrected chi connectivity index (χ0v) is 7.36. The van der Waals surface area contributed by atoms with Gasteiger partial charge in [-0.3, -0.25) is 9.98 Å². The van der Waals surface area contributed by atoms with Crippen molar-refractivity contribution in [2.75, 3.05) is 0 Å². The molecule has 2 heteroatoms. The Balaban J connectivity index is 2.90. The highest BCUT2D eigenvalue weighted by Gasteiger charge is 2.01. The molecular weight excluding hydrogens is 148 g/mol. The van der Waals surface area contributed by atoms with Crippen LogP contribution >= 0.6 is 0 Å². The van der Waals surface area contributed by atoms with Crippen molar-refractivity contribution in [3.05, 3.63) is 36.2 Å². The van der Waals surface area contributed by atoms with Crippen LogP contribution in [0.4, 0.5) is 0 Å². The summed E-state index contributed by atoms with van der Waals surface area (Å²) in [6.07, 6.45) is 11.2. The van der Waals surface area contributed by atoms with Crippen LogP contribution < -0.4 is 0 Å². The van der Waals surface area contributed by atoms with Crippen molar-refractivity contribution < 1.29 is 0 Å². The molecule has 0 aromatic heterocycles. The topological polar surface area (TPSA) is 24.7 Å². The third-order valence-corrected chi connectivity index (χ3v) is 1.45. The van der Waals surface area contributed by atoms with Gasteiger partial charge in [0.25, 0.3) is 0 Å². The predicted octanol–water partition coefficient (Wildman–Crippen LogP) is 2.51. The molecule has 62 valence electrons. The van der Waals surface area contributed by atoms with Crippen molar-refractivity contribution in [1.29, 1.82) is 0 Å². The van der Waals surface area contributed by atoms with Gasteiger partial charge in [-0.1, -0.05) is 12.2 Å². The van der Waals surface area contributed by atoms with Crippen LogP contribution in [0.15, 0.2) is 46.2 Å². The van der Waals surface area contributed by atoms with Crippen LogP contribution in [0.3, 0.4) is 0 Å². The number of rotatable bonds is 1. The molecule has 0 spiro atoms. The minimum atomic E-state index is 0.915. The molecule has 0 saturated heterocycles. The molecule has 0 bridgehead atoms. The van der Waals surface area contributed by atoms with Crippen LogP contribution in [0.2, 0.25) is 0 Å². The van der Waals surface area contributed by atoms with Crippen LogP contribution in [0.25, 0.3) is 0 Å². The van der Waals surface area contributed by atoms with Gasteiger partial charge in [0.2, 0.25) is 0 Å². The van der Waals surface area contributed by atoms with Gasteiger partial charge >= 0.3 is 0 Å². The fraction of sp³-hybridized carbons (Fsp3) is 0.200. The number of hydrogen-bond donors (Lipinski definition) is 0. The number of allylic oxidation sites excluding steroid dienone is 4. The lowest BCUT2D eigenvalue weighted by Crippen LogP contribution is -2.00. The van der Waals surface area contributed by atoms with E-state index in [1.165, 1.54) is 0 Å². The van der Waals surface area contributed by atoms with Gasteiger partial charge in [-0.15, -0.1) is 0 Å². The lowest BCUT2D eigenvalue weighted by molar-refractivity contribution is 1.40. The molecule has 1 aliphatic rings. The SMILES string of the molecule is C\C=C/N=C1\C=CC=N\C1=C\C. The molecule has 0 unspecified atom stereocenters. The van der Waals surface area contributed by atoms with Crippen LogP contribution in [0, 0.1) is 0 Å². The molecule has 0 aliphatic carbocycles. The standard InChI is InChI=1S/C10H12N2/c1-3-7-11-10-6-5-8-12-9(10)4-2/h3-8H,1-2H3/b7-3-,9-4+,11-10+. The monoisotopic (exact) mass is 160 g/mol. The first-order chi connectivity index (χ1) is 5.88. The first kappa shape index (κ1) is 8.65. The summed E-state index contributed by atoms with van der Waals surface area (Å²) in [5, 5.41) is 0. The molecule has 1 heterocycles. The average molecular weight is 160 g/mol. The van der Waals surface area contributed by atoms with Crippen molar-refractivity contribution in [3.63, 3.8) is 0 Å². The highest BCUT2D eigenvalue weighted by atomic mass is 14.8. The third kappa shape index (κ3) is 2.02. The van der Waals surface area contributed by atoms with Gasteiger partial charge in [0.15, 0.2) is 0 Å². The van der Waals surface area contributed by atoms with E-state index in [2.05, 4.69) is 9.98 Å². The fourth-order valence-electron chi connectivity index (χ4n) is 0.895. The number of nitrogens with zero attached hydrogens (tertiary/aromatic N) is 2. The largest absolute Gasteiger partial charge is 0.255 e. The van der Waals surface area contributed by atoms with Crippen LogP contribution in [0.1, 0.15) is 13.8 Å². The highest BCUT2D eigenvalue weighted by molar-refractivity contribution is 6.12. The van der Waals surface area contributed by atoms with Gasteiger partial charge in [-0.2, -0.15) is 0 Å². The molecule has 1 aliphatic heterocycles. The van der Waals surface area contributed by atoms with Gasteiger partial charge in [-0.05, 0) is 26.0 Å². The number of dihydropyridines is 1. The molecule has 2 nitrogen and oxygen atoms in total. The van der Waals surface area contributed by atoms with Gasteiger partial charge in [-0.25, -0.2) is 0 Å². The smallest absolute Gasteiger partial charge is 0.0883 e. The van der Waals surface area contributed by atoms with E-state index in [1.54, 1.807) is 12.4 Å². The van der Waals surface area contributed by atoms with Crippen molar-refractivity contribution in [1.82, 2.24) is 0 Å². The van der Waals surface area contributed by atoms with Crippen LogP contribution in [-0.2, 0) is 0 Å². The Bertz CT molecular complexity index is 291. The van der Waals surface area contributed by atoms with Crippen LogP contribution in [-0.4, -0.2) is 11.9 Å². The Morgan fingerprint density at radius 1 is 1.42 bits per heavy atom. The zero-order chi connectivity index (χ0) is 8.81. The number of hydrogen-bond acceptors (Lipinski definition) is 2. The Labute approximate surface area is 72.7 Å². The molecule has 0 amide bonds. The van der Waals surface area contributed by atoms with Crippen molar-refractivity contribution in [3.8, 4) is 0 Å². The third-order valence-electron chi connectivity index (χ3n) is 1.45. The van der Waals surface area contributed by atoms with Crippen molar-refractivity contribution in [2.24, 2.45) is 9.98 Å².